The van der Waals surface area contributed by atoms with Crippen LogP contribution < -0.4 is 17.7 Å². The fourth-order valence-corrected chi connectivity index (χ4v) is 0.910. The third-order valence-corrected chi connectivity index (χ3v) is 1.68. The van der Waals surface area contributed by atoms with E-state index in [0.717, 1.165) is 19.5 Å². The molecule has 0 aliphatic rings. The molecular formula is C9H19Cl2N. The molecule has 1 unspecified atom stereocenters. The van der Waals surface area contributed by atoms with E-state index < -0.39 is 0 Å². The smallest absolute Gasteiger partial charge is 0.0944 e. The number of hydrogen-bond acceptors (Lipinski definition) is 0. The average Bonchev–Trinajstić information content (AvgIpc) is 1.85. The van der Waals surface area contributed by atoms with E-state index in [0.29, 0.717) is 5.38 Å². The summed E-state index contributed by atoms with van der Waals surface area (Å²) in [5, 5.41) is 2.60. The predicted octanol–water partition coefficient (Wildman–Crippen LogP) is -1.46. The summed E-state index contributed by atoms with van der Waals surface area (Å²) < 4.78 is 0. The molecule has 3 heteroatoms. The molecule has 0 heterocycles. The van der Waals surface area contributed by atoms with Gasteiger partial charge in [-0.25, -0.2) is 0 Å². The van der Waals surface area contributed by atoms with Crippen LogP contribution in [0.25, 0.3) is 0 Å². The highest BCUT2D eigenvalue weighted by molar-refractivity contribution is 6.20. The first-order valence-corrected chi connectivity index (χ1v) is 4.65. The highest BCUT2D eigenvalue weighted by Gasteiger charge is 1.95. The Bertz CT molecular complexity index is 118. The average molecular weight is 212 g/mol. The Labute approximate surface area is 87.0 Å². The van der Waals surface area contributed by atoms with E-state index in [9.17, 15) is 0 Å². The summed E-state index contributed by atoms with van der Waals surface area (Å²) in [6.45, 7) is 8.51. The molecule has 0 aromatic carbocycles. The first-order valence-electron chi connectivity index (χ1n) is 4.22. The Balaban J connectivity index is 0. The molecule has 0 fully saturated rings. The number of alkyl halides is 1. The van der Waals surface area contributed by atoms with E-state index in [1.807, 2.05) is 6.92 Å². The van der Waals surface area contributed by atoms with Gasteiger partial charge in [-0.05, 0) is 26.8 Å². The predicted molar refractivity (Wildman–Crippen MR) is 51.0 cm³/mol. The third kappa shape index (κ3) is 12.9. The van der Waals surface area contributed by atoms with Crippen LogP contribution >= 0.6 is 11.6 Å². The molecule has 0 aliphatic heterocycles. The van der Waals surface area contributed by atoms with Crippen LogP contribution in [0.4, 0.5) is 0 Å². The summed E-state index contributed by atoms with van der Waals surface area (Å²) in [5.74, 6) is 0. The van der Waals surface area contributed by atoms with Crippen LogP contribution in [-0.4, -0.2) is 18.5 Å². The standard InChI is InChI=1S/C9H18ClN.ClH/c1-8(2)4-6-11-7-5-9(3)10;/h4,9,11H,5-7H2,1-3H3;1H. The van der Waals surface area contributed by atoms with Crippen molar-refractivity contribution in [1.82, 2.24) is 0 Å². The molecule has 0 amide bonds. The van der Waals surface area contributed by atoms with Gasteiger partial charge in [-0.1, -0.05) is 5.57 Å². The lowest BCUT2D eigenvalue weighted by atomic mass is 10.3. The second-order valence-electron chi connectivity index (χ2n) is 3.16. The zero-order valence-electron chi connectivity index (χ0n) is 8.11. The number of rotatable bonds is 5. The molecule has 0 radical (unpaired) electrons. The van der Waals surface area contributed by atoms with Crippen molar-refractivity contribution in [3.05, 3.63) is 11.6 Å². The Morgan fingerprint density at radius 2 is 2.08 bits per heavy atom. The molecule has 12 heavy (non-hydrogen) atoms. The Morgan fingerprint density at radius 1 is 1.50 bits per heavy atom. The Morgan fingerprint density at radius 3 is 2.50 bits per heavy atom. The monoisotopic (exact) mass is 211 g/mol. The number of hydrogen-bond donors (Lipinski definition) is 1. The Hall–Kier alpha value is 0.280. The maximum atomic E-state index is 5.78. The zero-order chi connectivity index (χ0) is 8.69. The van der Waals surface area contributed by atoms with Crippen LogP contribution in [0.5, 0.6) is 0 Å². The lowest BCUT2D eigenvalue weighted by Gasteiger charge is -2.00. The van der Waals surface area contributed by atoms with Crippen LogP contribution in [0.3, 0.4) is 0 Å². The van der Waals surface area contributed by atoms with E-state index in [2.05, 4.69) is 25.2 Å². The van der Waals surface area contributed by atoms with Crippen LogP contribution in [0.1, 0.15) is 27.2 Å². The van der Waals surface area contributed by atoms with Gasteiger partial charge in [0.05, 0.1) is 13.1 Å². The molecule has 0 saturated carbocycles. The van der Waals surface area contributed by atoms with Gasteiger partial charge >= 0.3 is 0 Å². The minimum Gasteiger partial charge on any atom is -1.00 e. The highest BCUT2D eigenvalue weighted by atomic mass is 35.5. The zero-order valence-corrected chi connectivity index (χ0v) is 9.62. The number of nitrogens with two attached hydrogens (primary N) is 1. The van der Waals surface area contributed by atoms with Crippen molar-refractivity contribution in [2.75, 3.05) is 13.1 Å². The first kappa shape index (κ1) is 14.8. The Kier molecular flexibility index (Phi) is 11.5. The second kappa shape index (κ2) is 9.37. The summed E-state index contributed by atoms with van der Waals surface area (Å²) in [4.78, 5) is 0. The van der Waals surface area contributed by atoms with Crippen molar-refractivity contribution in [3.8, 4) is 0 Å². The fourth-order valence-electron chi connectivity index (χ4n) is 0.784. The molecule has 1 nitrogen and oxygen atoms in total. The van der Waals surface area contributed by atoms with E-state index in [1.54, 1.807) is 0 Å². The van der Waals surface area contributed by atoms with Gasteiger partial charge in [-0.3, -0.25) is 0 Å². The molecule has 0 bridgehead atoms. The van der Waals surface area contributed by atoms with Crippen molar-refractivity contribution in [2.24, 2.45) is 0 Å². The molecule has 0 rings (SSSR count). The quantitative estimate of drug-likeness (QED) is 0.326. The van der Waals surface area contributed by atoms with Gasteiger partial charge in [0.15, 0.2) is 0 Å². The topological polar surface area (TPSA) is 16.6 Å². The van der Waals surface area contributed by atoms with Crippen LogP contribution in [0.15, 0.2) is 11.6 Å². The fraction of sp³-hybridized carbons (Fsp3) is 0.778. The maximum absolute atomic E-state index is 5.78. The van der Waals surface area contributed by atoms with Gasteiger partial charge < -0.3 is 17.7 Å². The minimum atomic E-state index is 0. The minimum absolute atomic E-state index is 0. The van der Waals surface area contributed by atoms with E-state index in [4.69, 9.17) is 11.6 Å². The largest absolute Gasteiger partial charge is 1.00 e. The molecular weight excluding hydrogens is 193 g/mol. The number of allylic oxidation sites excluding steroid dienone is 1. The SMILES string of the molecule is CC(C)=CC[NH2+]CCC(C)Cl.[Cl-]. The molecule has 0 aromatic heterocycles. The summed E-state index contributed by atoms with van der Waals surface area (Å²) in [7, 11) is 0. The normalized spacial score (nSPS) is 11.7. The highest BCUT2D eigenvalue weighted by Crippen LogP contribution is 1.95. The number of quaternary nitrogens is 1. The first-order chi connectivity index (χ1) is 5.13. The van der Waals surface area contributed by atoms with E-state index in [1.165, 1.54) is 5.57 Å². The lowest BCUT2D eigenvalue weighted by molar-refractivity contribution is -0.646. The molecule has 0 aromatic rings. The molecule has 0 aliphatic carbocycles. The summed E-state index contributed by atoms with van der Waals surface area (Å²) >= 11 is 5.78. The third-order valence-electron chi connectivity index (χ3n) is 1.46. The summed E-state index contributed by atoms with van der Waals surface area (Å²) in [5.41, 5.74) is 1.39. The van der Waals surface area contributed by atoms with Gasteiger partial charge in [-0.2, -0.15) is 0 Å². The molecule has 74 valence electrons. The van der Waals surface area contributed by atoms with Crippen LogP contribution in [-0.2, 0) is 0 Å². The maximum Gasteiger partial charge on any atom is 0.0944 e. The summed E-state index contributed by atoms with van der Waals surface area (Å²) in [6, 6.07) is 0. The van der Waals surface area contributed by atoms with Gasteiger partial charge in [0.2, 0.25) is 0 Å². The van der Waals surface area contributed by atoms with E-state index >= 15 is 0 Å². The van der Waals surface area contributed by atoms with E-state index in [-0.39, 0.29) is 12.4 Å². The molecule has 0 saturated heterocycles. The second-order valence-corrected chi connectivity index (χ2v) is 3.91. The van der Waals surface area contributed by atoms with Gasteiger partial charge in [0, 0.05) is 11.8 Å². The van der Waals surface area contributed by atoms with Crippen LogP contribution in [0, 0.1) is 0 Å². The van der Waals surface area contributed by atoms with Crippen molar-refractivity contribution in [1.29, 1.82) is 0 Å². The van der Waals surface area contributed by atoms with Crippen molar-refractivity contribution < 1.29 is 17.7 Å². The van der Waals surface area contributed by atoms with Crippen molar-refractivity contribution in [2.45, 2.75) is 32.6 Å². The molecule has 1 atom stereocenters. The van der Waals surface area contributed by atoms with Gasteiger partial charge in [0.25, 0.3) is 0 Å². The van der Waals surface area contributed by atoms with Crippen LogP contribution in [0.2, 0.25) is 0 Å². The summed E-state index contributed by atoms with van der Waals surface area (Å²) in [6.07, 6.45) is 3.33. The van der Waals surface area contributed by atoms with Crippen molar-refractivity contribution >= 4 is 11.6 Å². The van der Waals surface area contributed by atoms with Crippen molar-refractivity contribution in [3.63, 3.8) is 0 Å². The number of halogens is 2. The molecule has 0 spiro atoms. The molecule has 2 N–H and O–H groups in total. The van der Waals surface area contributed by atoms with Gasteiger partial charge in [0.1, 0.15) is 0 Å². The lowest BCUT2D eigenvalue weighted by Crippen LogP contribution is -3.00. The van der Waals surface area contributed by atoms with Gasteiger partial charge in [-0.15, -0.1) is 11.6 Å².